The van der Waals surface area contributed by atoms with E-state index in [2.05, 4.69) is 22.4 Å². The van der Waals surface area contributed by atoms with Crippen LogP contribution in [0.25, 0.3) is 0 Å². The van der Waals surface area contributed by atoms with Gasteiger partial charge in [0.15, 0.2) is 5.96 Å². The summed E-state index contributed by atoms with van der Waals surface area (Å²) >= 11 is 0. The molecule has 1 heterocycles. The van der Waals surface area contributed by atoms with Gasteiger partial charge >= 0.3 is 0 Å². The largest absolute Gasteiger partial charge is 0.381 e. The number of rotatable bonds is 6. The average molecular weight is 355 g/mol. The molecule has 0 atom stereocenters. The summed E-state index contributed by atoms with van der Waals surface area (Å²) in [4.78, 5) is 4.56. The Morgan fingerprint density at radius 1 is 1.12 bits per heavy atom. The SMILES string of the molecule is NC(=NCC1(c2cccc(F)c2)CCOCC1)NCCc1ccccc1. The lowest BCUT2D eigenvalue weighted by Crippen LogP contribution is -2.39. The molecule has 1 aliphatic rings. The predicted octanol–water partition coefficient (Wildman–Crippen LogP) is 3.02. The third kappa shape index (κ3) is 4.82. The molecule has 5 heteroatoms. The number of guanidine groups is 1. The van der Waals surface area contributed by atoms with Crippen molar-refractivity contribution in [2.24, 2.45) is 10.7 Å². The van der Waals surface area contributed by atoms with E-state index in [-0.39, 0.29) is 11.2 Å². The zero-order chi connectivity index (χ0) is 18.2. The topological polar surface area (TPSA) is 59.6 Å². The molecule has 0 spiro atoms. The van der Waals surface area contributed by atoms with Gasteiger partial charge in [0.05, 0.1) is 6.54 Å². The number of ether oxygens (including phenoxy) is 1. The van der Waals surface area contributed by atoms with Gasteiger partial charge in [-0.2, -0.15) is 0 Å². The molecule has 0 radical (unpaired) electrons. The summed E-state index contributed by atoms with van der Waals surface area (Å²) < 4.78 is 19.2. The molecule has 0 aromatic heterocycles. The van der Waals surface area contributed by atoms with Gasteiger partial charge in [0.2, 0.25) is 0 Å². The van der Waals surface area contributed by atoms with E-state index in [4.69, 9.17) is 10.5 Å². The Morgan fingerprint density at radius 3 is 2.62 bits per heavy atom. The molecule has 0 amide bonds. The lowest BCUT2D eigenvalue weighted by molar-refractivity contribution is 0.0530. The number of hydrogen-bond donors (Lipinski definition) is 2. The summed E-state index contributed by atoms with van der Waals surface area (Å²) in [5.41, 5.74) is 8.07. The molecule has 4 nitrogen and oxygen atoms in total. The number of benzene rings is 2. The standard InChI is InChI=1S/C21H26FN3O/c22-19-8-4-7-18(15-19)21(10-13-26-14-11-21)16-25-20(23)24-12-9-17-5-2-1-3-6-17/h1-8,15H,9-14,16H2,(H3,23,24,25). The van der Waals surface area contributed by atoms with Gasteiger partial charge in [0.25, 0.3) is 0 Å². The monoisotopic (exact) mass is 355 g/mol. The minimum atomic E-state index is -0.216. The number of nitrogens with two attached hydrogens (primary N) is 1. The van der Waals surface area contributed by atoms with Gasteiger partial charge in [-0.1, -0.05) is 42.5 Å². The molecule has 1 fully saturated rings. The van der Waals surface area contributed by atoms with E-state index >= 15 is 0 Å². The summed E-state index contributed by atoms with van der Waals surface area (Å²) in [5, 5.41) is 3.17. The zero-order valence-corrected chi connectivity index (χ0v) is 15.0. The van der Waals surface area contributed by atoms with Crippen LogP contribution in [0.4, 0.5) is 4.39 Å². The van der Waals surface area contributed by atoms with Crippen molar-refractivity contribution in [3.63, 3.8) is 0 Å². The van der Waals surface area contributed by atoms with Crippen LogP contribution in [-0.4, -0.2) is 32.3 Å². The maximum atomic E-state index is 13.7. The first-order valence-electron chi connectivity index (χ1n) is 9.09. The van der Waals surface area contributed by atoms with Crippen molar-refractivity contribution >= 4 is 5.96 Å². The number of aliphatic imine (C=N–C) groups is 1. The minimum absolute atomic E-state index is 0.216. The highest BCUT2D eigenvalue weighted by Crippen LogP contribution is 2.35. The summed E-state index contributed by atoms with van der Waals surface area (Å²) in [7, 11) is 0. The van der Waals surface area contributed by atoms with Gasteiger partial charge in [-0.05, 0) is 42.5 Å². The third-order valence-corrected chi connectivity index (χ3v) is 5.00. The molecular formula is C21H26FN3O. The molecule has 26 heavy (non-hydrogen) atoms. The molecule has 0 saturated carbocycles. The van der Waals surface area contributed by atoms with Crippen molar-refractivity contribution in [1.29, 1.82) is 0 Å². The first-order valence-corrected chi connectivity index (χ1v) is 9.09. The van der Waals surface area contributed by atoms with E-state index in [1.165, 1.54) is 11.6 Å². The average Bonchev–Trinajstić information content (AvgIpc) is 2.68. The maximum Gasteiger partial charge on any atom is 0.188 e. The molecule has 2 aromatic rings. The number of nitrogens with one attached hydrogen (secondary N) is 1. The first kappa shape index (κ1) is 18.4. The Balaban J connectivity index is 1.62. The molecule has 2 aromatic carbocycles. The van der Waals surface area contributed by atoms with E-state index < -0.39 is 0 Å². The Hall–Kier alpha value is -2.40. The molecule has 138 valence electrons. The van der Waals surface area contributed by atoms with Crippen molar-refractivity contribution in [1.82, 2.24) is 5.32 Å². The van der Waals surface area contributed by atoms with Gasteiger partial charge in [0, 0.05) is 25.2 Å². The maximum absolute atomic E-state index is 13.7. The van der Waals surface area contributed by atoms with Crippen molar-refractivity contribution in [2.75, 3.05) is 26.3 Å². The van der Waals surface area contributed by atoms with E-state index in [0.717, 1.165) is 31.4 Å². The normalized spacial score (nSPS) is 17.0. The summed E-state index contributed by atoms with van der Waals surface area (Å²) in [5.74, 6) is 0.217. The Labute approximate surface area is 154 Å². The van der Waals surface area contributed by atoms with Crippen LogP contribution >= 0.6 is 0 Å². The zero-order valence-electron chi connectivity index (χ0n) is 15.0. The van der Waals surface area contributed by atoms with Crippen molar-refractivity contribution < 1.29 is 9.13 Å². The minimum Gasteiger partial charge on any atom is -0.381 e. The van der Waals surface area contributed by atoms with Crippen LogP contribution in [0.1, 0.15) is 24.0 Å². The van der Waals surface area contributed by atoms with E-state index in [0.29, 0.717) is 25.7 Å². The number of nitrogens with zero attached hydrogens (tertiary/aromatic N) is 1. The Kier molecular flexibility index (Phi) is 6.23. The highest BCUT2D eigenvalue weighted by molar-refractivity contribution is 5.77. The van der Waals surface area contributed by atoms with Gasteiger partial charge in [-0.3, -0.25) is 4.99 Å². The lowest BCUT2D eigenvalue weighted by Gasteiger charge is -2.36. The second-order valence-electron chi connectivity index (χ2n) is 6.77. The van der Waals surface area contributed by atoms with Crippen LogP contribution in [0.5, 0.6) is 0 Å². The van der Waals surface area contributed by atoms with Crippen molar-refractivity contribution in [3.05, 3.63) is 71.5 Å². The van der Waals surface area contributed by atoms with Gasteiger partial charge in [-0.15, -0.1) is 0 Å². The first-order chi connectivity index (χ1) is 12.7. The van der Waals surface area contributed by atoms with E-state index in [1.54, 1.807) is 12.1 Å². The van der Waals surface area contributed by atoms with Gasteiger partial charge in [-0.25, -0.2) is 4.39 Å². The molecule has 3 N–H and O–H groups in total. The van der Waals surface area contributed by atoms with Crippen LogP contribution in [-0.2, 0) is 16.6 Å². The summed E-state index contributed by atoms with van der Waals surface area (Å²) in [6.45, 7) is 2.58. The molecule has 1 aliphatic heterocycles. The fourth-order valence-electron chi connectivity index (χ4n) is 3.39. The molecule has 0 bridgehead atoms. The van der Waals surface area contributed by atoms with Crippen LogP contribution in [0, 0.1) is 5.82 Å². The molecule has 0 aliphatic carbocycles. The smallest absolute Gasteiger partial charge is 0.188 e. The predicted molar refractivity (Wildman–Crippen MR) is 103 cm³/mol. The van der Waals surface area contributed by atoms with Gasteiger partial charge < -0.3 is 15.8 Å². The van der Waals surface area contributed by atoms with Crippen LogP contribution in [0.2, 0.25) is 0 Å². The highest BCUT2D eigenvalue weighted by Gasteiger charge is 2.34. The second kappa shape index (κ2) is 8.81. The molecule has 1 saturated heterocycles. The summed E-state index contributed by atoms with van der Waals surface area (Å²) in [6.07, 6.45) is 2.52. The van der Waals surface area contributed by atoms with Gasteiger partial charge in [0.1, 0.15) is 5.82 Å². The van der Waals surface area contributed by atoms with Crippen LogP contribution < -0.4 is 11.1 Å². The molecular weight excluding hydrogens is 329 g/mol. The van der Waals surface area contributed by atoms with Crippen molar-refractivity contribution in [2.45, 2.75) is 24.7 Å². The van der Waals surface area contributed by atoms with Crippen LogP contribution in [0.15, 0.2) is 59.6 Å². The Morgan fingerprint density at radius 2 is 1.88 bits per heavy atom. The summed E-state index contributed by atoms with van der Waals surface area (Å²) in [6, 6.07) is 17.1. The van der Waals surface area contributed by atoms with Crippen molar-refractivity contribution in [3.8, 4) is 0 Å². The van der Waals surface area contributed by atoms with Crippen LogP contribution in [0.3, 0.4) is 0 Å². The lowest BCUT2D eigenvalue weighted by atomic mass is 9.74. The number of halogens is 1. The molecule has 3 rings (SSSR count). The Bertz CT molecular complexity index is 727. The molecule has 0 unspecified atom stereocenters. The number of hydrogen-bond acceptors (Lipinski definition) is 2. The highest BCUT2D eigenvalue weighted by atomic mass is 19.1. The van der Waals surface area contributed by atoms with E-state index in [9.17, 15) is 4.39 Å². The quantitative estimate of drug-likeness (QED) is 0.619. The fourth-order valence-corrected chi connectivity index (χ4v) is 3.39. The van der Waals surface area contributed by atoms with E-state index in [1.807, 2.05) is 24.3 Å². The third-order valence-electron chi connectivity index (χ3n) is 5.00. The second-order valence-corrected chi connectivity index (χ2v) is 6.77. The fraction of sp³-hybridized carbons (Fsp3) is 0.381.